The maximum atomic E-state index is 12.7. The summed E-state index contributed by atoms with van der Waals surface area (Å²) in [6, 6.07) is 19.1. The topological polar surface area (TPSA) is 102 Å². The Balaban J connectivity index is 1.53. The van der Waals surface area contributed by atoms with E-state index in [9.17, 15) is 19.7 Å². The van der Waals surface area contributed by atoms with Crippen molar-refractivity contribution in [3.8, 4) is 5.75 Å². The Morgan fingerprint density at radius 2 is 1.91 bits per heavy atom. The van der Waals surface area contributed by atoms with E-state index in [4.69, 9.17) is 4.74 Å². The maximum Gasteiger partial charge on any atom is 0.273 e. The van der Waals surface area contributed by atoms with Crippen molar-refractivity contribution in [3.63, 3.8) is 0 Å². The fourth-order valence-corrected chi connectivity index (χ4v) is 4.92. The highest BCUT2D eigenvalue weighted by Crippen LogP contribution is 2.44. The van der Waals surface area contributed by atoms with Crippen LogP contribution >= 0.6 is 11.8 Å². The molecular formula is C25H23N3O5S. The molecule has 4 rings (SSSR count). The minimum Gasteiger partial charge on any atom is -0.492 e. The van der Waals surface area contributed by atoms with Gasteiger partial charge >= 0.3 is 0 Å². The number of para-hydroxylation sites is 2. The number of anilines is 2. The summed E-state index contributed by atoms with van der Waals surface area (Å²) >= 11 is 1.53. The fraction of sp³-hybridized carbons (Fsp3) is 0.200. The molecule has 1 aliphatic rings. The second kappa shape index (κ2) is 9.96. The molecule has 2 amide bonds. The van der Waals surface area contributed by atoms with Crippen LogP contribution in [-0.4, -0.2) is 29.1 Å². The summed E-state index contributed by atoms with van der Waals surface area (Å²) in [7, 11) is 0. The molecule has 1 heterocycles. The Bertz CT molecular complexity index is 1250. The summed E-state index contributed by atoms with van der Waals surface area (Å²) < 4.78 is 5.72. The first kappa shape index (κ1) is 23.3. The van der Waals surface area contributed by atoms with Gasteiger partial charge in [0.25, 0.3) is 11.6 Å². The van der Waals surface area contributed by atoms with Crippen LogP contribution in [-0.2, 0) is 4.79 Å². The van der Waals surface area contributed by atoms with Gasteiger partial charge in [0.2, 0.25) is 5.91 Å². The molecule has 1 saturated heterocycles. The number of carbonyl (C=O) groups excluding carboxylic acids is 2. The van der Waals surface area contributed by atoms with E-state index >= 15 is 0 Å². The van der Waals surface area contributed by atoms with Crippen molar-refractivity contribution < 1.29 is 19.2 Å². The number of nitrogens with one attached hydrogen (secondary N) is 1. The Hall–Kier alpha value is -3.85. The standard InChI is InChI=1S/C25H23N3O5S/c1-3-33-22-7-5-4-6-20(22)27-23(29)15-34-25(27)17-10-12-19(13-11-17)26-24(30)18-9-8-16(2)21(14-18)28(31)32/h4-14,25H,3,15H2,1-2H3,(H,26,30)/t25-/m0/s1. The molecular weight excluding hydrogens is 454 g/mol. The molecule has 9 heteroatoms. The fourth-order valence-electron chi connectivity index (χ4n) is 3.75. The first-order valence-electron chi connectivity index (χ1n) is 10.7. The van der Waals surface area contributed by atoms with E-state index in [2.05, 4.69) is 5.32 Å². The van der Waals surface area contributed by atoms with Gasteiger partial charge in [-0.1, -0.05) is 30.3 Å². The number of amides is 2. The minimum atomic E-state index is -0.503. The molecule has 1 N–H and O–H groups in total. The first-order chi connectivity index (χ1) is 16.4. The minimum absolute atomic E-state index is 0.000461. The first-order valence-corrected chi connectivity index (χ1v) is 11.8. The normalized spacial score (nSPS) is 15.3. The summed E-state index contributed by atoms with van der Waals surface area (Å²) in [5, 5.41) is 13.7. The third-order valence-corrected chi connectivity index (χ3v) is 6.63. The number of nitro groups is 1. The Morgan fingerprint density at radius 3 is 2.62 bits per heavy atom. The number of ether oxygens (including phenoxy) is 1. The van der Waals surface area contributed by atoms with E-state index in [0.29, 0.717) is 29.4 Å². The molecule has 1 fully saturated rings. The van der Waals surface area contributed by atoms with Gasteiger partial charge in [0.1, 0.15) is 11.1 Å². The molecule has 174 valence electrons. The van der Waals surface area contributed by atoms with Gasteiger partial charge in [-0.15, -0.1) is 11.8 Å². The largest absolute Gasteiger partial charge is 0.492 e. The van der Waals surface area contributed by atoms with Crippen molar-refractivity contribution >= 4 is 40.6 Å². The lowest BCUT2D eigenvalue weighted by atomic mass is 10.1. The SMILES string of the molecule is CCOc1ccccc1N1C(=O)CS[C@H]1c1ccc(NC(=O)c2ccc(C)c([N+](=O)[O-])c2)cc1. The second-order valence-corrected chi connectivity index (χ2v) is 8.73. The van der Waals surface area contributed by atoms with E-state index in [1.165, 1.54) is 17.8 Å². The average molecular weight is 478 g/mol. The van der Waals surface area contributed by atoms with E-state index in [1.54, 1.807) is 36.1 Å². The van der Waals surface area contributed by atoms with E-state index in [1.807, 2.05) is 43.3 Å². The monoisotopic (exact) mass is 477 g/mol. The Kier molecular flexibility index (Phi) is 6.83. The van der Waals surface area contributed by atoms with E-state index in [0.717, 1.165) is 11.3 Å². The molecule has 0 aliphatic carbocycles. The number of hydrogen-bond acceptors (Lipinski definition) is 6. The van der Waals surface area contributed by atoms with Crippen LogP contribution in [0.1, 0.15) is 33.8 Å². The van der Waals surface area contributed by atoms with Crippen LogP contribution in [0.4, 0.5) is 17.1 Å². The number of carbonyl (C=O) groups is 2. The number of rotatable bonds is 7. The van der Waals surface area contributed by atoms with Crippen molar-refractivity contribution in [1.29, 1.82) is 0 Å². The van der Waals surface area contributed by atoms with Crippen LogP contribution in [0.15, 0.2) is 66.7 Å². The molecule has 1 atom stereocenters. The molecule has 3 aromatic rings. The number of nitro benzene ring substituents is 1. The third-order valence-electron chi connectivity index (χ3n) is 5.41. The Labute approximate surface area is 201 Å². The van der Waals surface area contributed by atoms with Gasteiger partial charge in [-0.05, 0) is 49.7 Å². The molecule has 1 aliphatic heterocycles. The lowest BCUT2D eigenvalue weighted by molar-refractivity contribution is -0.385. The second-order valence-electron chi connectivity index (χ2n) is 7.66. The van der Waals surface area contributed by atoms with Crippen LogP contribution < -0.4 is 15.0 Å². The molecule has 3 aromatic carbocycles. The van der Waals surface area contributed by atoms with Gasteiger partial charge < -0.3 is 10.1 Å². The zero-order valence-corrected chi connectivity index (χ0v) is 19.5. The van der Waals surface area contributed by atoms with Gasteiger partial charge in [-0.25, -0.2) is 0 Å². The highest BCUT2D eigenvalue weighted by molar-refractivity contribution is 8.00. The summed E-state index contributed by atoms with van der Waals surface area (Å²) in [6.45, 7) is 4.02. The van der Waals surface area contributed by atoms with Gasteiger partial charge in [0.05, 0.1) is 23.0 Å². The average Bonchev–Trinajstić information content (AvgIpc) is 3.21. The van der Waals surface area contributed by atoms with Crippen molar-refractivity contribution in [3.05, 3.63) is 93.5 Å². The molecule has 34 heavy (non-hydrogen) atoms. The quantitative estimate of drug-likeness (QED) is 0.364. The summed E-state index contributed by atoms with van der Waals surface area (Å²) in [5.41, 5.74) is 2.78. The Morgan fingerprint density at radius 1 is 1.18 bits per heavy atom. The zero-order valence-electron chi connectivity index (χ0n) is 18.7. The van der Waals surface area contributed by atoms with Crippen LogP contribution in [0, 0.1) is 17.0 Å². The summed E-state index contributed by atoms with van der Waals surface area (Å²) in [6.07, 6.45) is 0. The smallest absolute Gasteiger partial charge is 0.273 e. The maximum absolute atomic E-state index is 12.7. The molecule has 0 radical (unpaired) electrons. The summed E-state index contributed by atoms with van der Waals surface area (Å²) in [5.74, 6) is 0.575. The van der Waals surface area contributed by atoms with Crippen molar-refractivity contribution in [2.45, 2.75) is 19.2 Å². The predicted molar refractivity (Wildman–Crippen MR) is 133 cm³/mol. The molecule has 0 spiro atoms. The van der Waals surface area contributed by atoms with Crippen molar-refractivity contribution in [2.75, 3.05) is 22.6 Å². The van der Waals surface area contributed by atoms with Gasteiger partial charge in [-0.3, -0.25) is 24.6 Å². The number of nitrogens with zero attached hydrogens (tertiary/aromatic N) is 2. The molecule has 0 bridgehead atoms. The van der Waals surface area contributed by atoms with Gasteiger partial charge in [-0.2, -0.15) is 0 Å². The number of benzene rings is 3. The molecule has 0 unspecified atom stereocenters. The summed E-state index contributed by atoms with van der Waals surface area (Å²) in [4.78, 5) is 37.7. The predicted octanol–water partition coefficient (Wildman–Crippen LogP) is 5.33. The van der Waals surface area contributed by atoms with Crippen molar-refractivity contribution in [1.82, 2.24) is 0 Å². The van der Waals surface area contributed by atoms with Crippen LogP contribution in [0.3, 0.4) is 0 Å². The van der Waals surface area contributed by atoms with Gasteiger partial charge in [0.15, 0.2) is 0 Å². The van der Waals surface area contributed by atoms with E-state index in [-0.39, 0.29) is 22.5 Å². The highest BCUT2D eigenvalue weighted by Gasteiger charge is 2.35. The number of aryl methyl sites for hydroxylation is 1. The lowest BCUT2D eigenvalue weighted by Gasteiger charge is -2.26. The van der Waals surface area contributed by atoms with Crippen LogP contribution in [0.2, 0.25) is 0 Å². The van der Waals surface area contributed by atoms with Crippen molar-refractivity contribution in [2.24, 2.45) is 0 Å². The third kappa shape index (κ3) is 4.74. The molecule has 0 aromatic heterocycles. The number of thioether (sulfide) groups is 1. The zero-order chi connectivity index (χ0) is 24.2. The van der Waals surface area contributed by atoms with Gasteiger partial charge in [0, 0.05) is 22.9 Å². The molecule has 8 nitrogen and oxygen atoms in total. The highest BCUT2D eigenvalue weighted by atomic mass is 32.2. The van der Waals surface area contributed by atoms with E-state index < -0.39 is 10.8 Å². The number of hydrogen-bond donors (Lipinski definition) is 1. The lowest BCUT2D eigenvalue weighted by Crippen LogP contribution is -2.28. The van der Waals surface area contributed by atoms with Crippen LogP contribution in [0.25, 0.3) is 0 Å². The molecule has 0 saturated carbocycles. The van der Waals surface area contributed by atoms with Crippen LogP contribution in [0.5, 0.6) is 5.75 Å².